The highest BCUT2D eigenvalue weighted by Crippen LogP contribution is 2.15. The van der Waals surface area contributed by atoms with Crippen molar-refractivity contribution < 1.29 is 14.4 Å². The number of anilines is 1. The Balaban J connectivity index is 1.69. The number of nitrogens with zero attached hydrogens (tertiary/aromatic N) is 2. The first-order valence-corrected chi connectivity index (χ1v) is 9.92. The van der Waals surface area contributed by atoms with Gasteiger partial charge in [-0.25, -0.2) is 4.79 Å². The van der Waals surface area contributed by atoms with Gasteiger partial charge in [0.2, 0.25) is 11.8 Å². The standard InChI is InChI=1S/C20H31N5O3/c1-3-9-21-20(28)23-19(27)15-25-12-10-24(11-13-25)14-18(26)22-17-8-6-5-7-16(17)4-2/h5-8H,3-4,9-15H2,1-2H3,(H,22,26)(H2,21,23,27,28). The van der Waals surface area contributed by atoms with Crippen LogP contribution in [0.3, 0.4) is 0 Å². The molecule has 0 bridgehead atoms. The maximum atomic E-state index is 12.3. The maximum Gasteiger partial charge on any atom is 0.321 e. The average molecular weight is 390 g/mol. The van der Waals surface area contributed by atoms with Crippen LogP contribution in [0, 0.1) is 0 Å². The fraction of sp³-hybridized carbons (Fsp3) is 0.550. The van der Waals surface area contributed by atoms with Crippen molar-refractivity contribution in [1.82, 2.24) is 20.4 Å². The number of carbonyl (C=O) groups is 3. The number of nitrogens with one attached hydrogen (secondary N) is 3. The van der Waals surface area contributed by atoms with Crippen LogP contribution in [0.4, 0.5) is 10.5 Å². The lowest BCUT2D eigenvalue weighted by Gasteiger charge is -2.33. The van der Waals surface area contributed by atoms with Gasteiger partial charge in [0.25, 0.3) is 0 Å². The highest BCUT2D eigenvalue weighted by molar-refractivity contribution is 5.95. The molecule has 0 radical (unpaired) electrons. The molecule has 0 aromatic heterocycles. The molecule has 1 fully saturated rings. The summed E-state index contributed by atoms with van der Waals surface area (Å²) in [5.74, 6) is -0.337. The van der Waals surface area contributed by atoms with Gasteiger partial charge in [-0.05, 0) is 24.5 Å². The number of piperazine rings is 1. The lowest BCUT2D eigenvalue weighted by atomic mass is 10.1. The third-order valence-electron chi connectivity index (χ3n) is 4.66. The minimum absolute atomic E-state index is 0.0281. The topological polar surface area (TPSA) is 93.8 Å². The summed E-state index contributed by atoms with van der Waals surface area (Å²) in [5.41, 5.74) is 1.99. The smallest absolute Gasteiger partial charge is 0.321 e. The van der Waals surface area contributed by atoms with Gasteiger partial charge in [0, 0.05) is 38.4 Å². The van der Waals surface area contributed by atoms with E-state index < -0.39 is 6.03 Å². The van der Waals surface area contributed by atoms with Crippen molar-refractivity contribution in [3.8, 4) is 0 Å². The molecule has 1 aromatic carbocycles. The number of imide groups is 1. The number of urea groups is 1. The molecule has 3 N–H and O–H groups in total. The van der Waals surface area contributed by atoms with E-state index in [1.807, 2.05) is 36.1 Å². The Labute approximate surface area is 166 Å². The second-order valence-electron chi connectivity index (χ2n) is 6.92. The van der Waals surface area contributed by atoms with E-state index in [1.54, 1.807) is 0 Å². The Kier molecular flexibility index (Phi) is 8.90. The van der Waals surface area contributed by atoms with Crippen LogP contribution >= 0.6 is 0 Å². The molecule has 1 aromatic rings. The quantitative estimate of drug-likeness (QED) is 0.618. The summed E-state index contributed by atoms with van der Waals surface area (Å²) in [4.78, 5) is 39.8. The van der Waals surface area contributed by atoms with Crippen LogP contribution in [0.25, 0.3) is 0 Å². The first kappa shape index (κ1) is 21.8. The number of hydrogen-bond acceptors (Lipinski definition) is 5. The predicted octanol–water partition coefficient (Wildman–Crippen LogP) is 1.04. The molecule has 0 atom stereocenters. The Morgan fingerprint density at radius 3 is 2.14 bits per heavy atom. The van der Waals surface area contributed by atoms with Gasteiger partial charge in [0.1, 0.15) is 0 Å². The van der Waals surface area contributed by atoms with Crippen molar-refractivity contribution in [3.05, 3.63) is 29.8 Å². The molecule has 1 aliphatic heterocycles. The molecule has 0 unspecified atom stereocenters. The molecule has 154 valence electrons. The average Bonchev–Trinajstić information content (AvgIpc) is 2.68. The zero-order chi connectivity index (χ0) is 20.4. The minimum Gasteiger partial charge on any atom is -0.338 e. The lowest BCUT2D eigenvalue weighted by Crippen LogP contribution is -2.52. The van der Waals surface area contributed by atoms with E-state index in [-0.39, 0.29) is 18.4 Å². The van der Waals surface area contributed by atoms with E-state index >= 15 is 0 Å². The van der Waals surface area contributed by atoms with E-state index in [4.69, 9.17) is 0 Å². The summed E-state index contributed by atoms with van der Waals surface area (Å²) in [6.45, 7) is 7.85. The summed E-state index contributed by atoms with van der Waals surface area (Å²) < 4.78 is 0. The van der Waals surface area contributed by atoms with Crippen molar-refractivity contribution in [3.63, 3.8) is 0 Å². The Morgan fingerprint density at radius 2 is 1.54 bits per heavy atom. The Morgan fingerprint density at radius 1 is 0.929 bits per heavy atom. The summed E-state index contributed by atoms with van der Waals surface area (Å²) in [5, 5.41) is 7.94. The summed E-state index contributed by atoms with van der Waals surface area (Å²) in [6, 6.07) is 7.37. The number of rotatable bonds is 8. The van der Waals surface area contributed by atoms with Crippen molar-refractivity contribution in [2.24, 2.45) is 0 Å². The van der Waals surface area contributed by atoms with Crippen LogP contribution in [-0.4, -0.2) is 73.5 Å². The number of aryl methyl sites for hydroxylation is 1. The summed E-state index contributed by atoms with van der Waals surface area (Å²) in [7, 11) is 0. The van der Waals surface area contributed by atoms with Gasteiger partial charge >= 0.3 is 6.03 Å². The highest BCUT2D eigenvalue weighted by Gasteiger charge is 2.21. The zero-order valence-corrected chi connectivity index (χ0v) is 16.8. The molecule has 4 amide bonds. The van der Waals surface area contributed by atoms with Crippen molar-refractivity contribution >= 4 is 23.5 Å². The molecule has 8 nitrogen and oxygen atoms in total. The maximum absolute atomic E-state index is 12.3. The van der Waals surface area contributed by atoms with E-state index in [1.165, 1.54) is 0 Å². The van der Waals surface area contributed by atoms with Crippen LogP contribution in [0.5, 0.6) is 0 Å². The van der Waals surface area contributed by atoms with Gasteiger partial charge in [-0.2, -0.15) is 0 Å². The molecule has 0 aliphatic carbocycles. The molecule has 1 heterocycles. The van der Waals surface area contributed by atoms with Crippen LogP contribution in [-0.2, 0) is 16.0 Å². The molecule has 1 aliphatic rings. The third-order valence-corrected chi connectivity index (χ3v) is 4.66. The third kappa shape index (κ3) is 7.28. The fourth-order valence-corrected chi connectivity index (χ4v) is 3.10. The first-order valence-electron chi connectivity index (χ1n) is 9.92. The van der Waals surface area contributed by atoms with Gasteiger partial charge in [-0.1, -0.05) is 32.0 Å². The van der Waals surface area contributed by atoms with Crippen LogP contribution in [0.1, 0.15) is 25.8 Å². The zero-order valence-electron chi connectivity index (χ0n) is 16.8. The van der Waals surface area contributed by atoms with Gasteiger partial charge in [0.15, 0.2) is 0 Å². The molecule has 1 saturated heterocycles. The fourth-order valence-electron chi connectivity index (χ4n) is 3.10. The van der Waals surface area contributed by atoms with Crippen LogP contribution in [0.2, 0.25) is 0 Å². The number of hydrogen-bond donors (Lipinski definition) is 3. The monoisotopic (exact) mass is 389 g/mol. The minimum atomic E-state index is -0.450. The van der Waals surface area contributed by atoms with Crippen LogP contribution < -0.4 is 16.0 Å². The highest BCUT2D eigenvalue weighted by atomic mass is 16.2. The normalized spacial score (nSPS) is 15.1. The van der Waals surface area contributed by atoms with Crippen molar-refractivity contribution in [1.29, 1.82) is 0 Å². The van der Waals surface area contributed by atoms with Gasteiger partial charge in [-0.3, -0.25) is 24.7 Å². The summed E-state index contributed by atoms with van der Waals surface area (Å²) in [6.07, 6.45) is 1.69. The molecular weight excluding hydrogens is 358 g/mol. The van der Waals surface area contributed by atoms with E-state index in [0.29, 0.717) is 39.3 Å². The number of para-hydroxylation sites is 1. The lowest BCUT2D eigenvalue weighted by molar-refractivity contribution is -0.122. The predicted molar refractivity (Wildman–Crippen MR) is 109 cm³/mol. The van der Waals surface area contributed by atoms with Crippen molar-refractivity contribution in [2.75, 3.05) is 51.1 Å². The molecule has 0 saturated carbocycles. The van der Waals surface area contributed by atoms with Gasteiger partial charge in [-0.15, -0.1) is 0 Å². The van der Waals surface area contributed by atoms with Gasteiger partial charge < -0.3 is 10.6 Å². The largest absolute Gasteiger partial charge is 0.338 e. The Hall–Kier alpha value is -2.45. The summed E-state index contributed by atoms with van der Waals surface area (Å²) >= 11 is 0. The second kappa shape index (κ2) is 11.4. The second-order valence-corrected chi connectivity index (χ2v) is 6.92. The van der Waals surface area contributed by atoms with E-state index in [0.717, 1.165) is 24.1 Å². The molecule has 0 spiro atoms. The van der Waals surface area contributed by atoms with Crippen LogP contribution in [0.15, 0.2) is 24.3 Å². The Bertz CT molecular complexity index is 672. The van der Waals surface area contributed by atoms with Gasteiger partial charge in [0.05, 0.1) is 13.1 Å². The number of amides is 4. The van der Waals surface area contributed by atoms with Crippen molar-refractivity contribution in [2.45, 2.75) is 26.7 Å². The first-order chi connectivity index (χ1) is 13.5. The molecule has 28 heavy (non-hydrogen) atoms. The molecule has 8 heteroatoms. The molecule has 2 rings (SSSR count). The number of benzene rings is 1. The SMILES string of the molecule is CCCNC(=O)NC(=O)CN1CCN(CC(=O)Nc2ccccc2CC)CC1. The van der Waals surface area contributed by atoms with E-state index in [9.17, 15) is 14.4 Å². The number of carbonyl (C=O) groups excluding carboxylic acids is 3. The van der Waals surface area contributed by atoms with E-state index in [2.05, 4.69) is 27.8 Å². The molecular formula is C20H31N5O3.